The summed E-state index contributed by atoms with van der Waals surface area (Å²) in [7, 11) is 0. The van der Waals surface area contributed by atoms with Crippen molar-refractivity contribution < 1.29 is 5.11 Å². The minimum absolute atomic E-state index is 0.0997. The standard InChI is InChI=1S/C8H12ClNOS/c1-8(2,5-11)10-7-4-3-6(9)12-7/h3-4,10-11H,5H2,1-2H3. The van der Waals surface area contributed by atoms with Gasteiger partial charge in [-0.2, -0.15) is 0 Å². The van der Waals surface area contributed by atoms with E-state index >= 15 is 0 Å². The number of nitrogens with one attached hydrogen (secondary N) is 1. The molecule has 0 radical (unpaired) electrons. The van der Waals surface area contributed by atoms with Crippen molar-refractivity contribution >= 4 is 27.9 Å². The van der Waals surface area contributed by atoms with Crippen molar-refractivity contribution in [3.63, 3.8) is 0 Å². The summed E-state index contributed by atoms with van der Waals surface area (Å²) in [4.78, 5) is 0. The Kier molecular flexibility index (Phi) is 2.99. The fourth-order valence-corrected chi connectivity index (χ4v) is 1.88. The van der Waals surface area contributed by atoms with Crippen LogP contribution in [0.4, 0.5) is 5.00 Å². The van der Waals surface area contributed by atoms with Gasteiger partial charge in [-0.1, -0.05) is 11.6 Å². The molecule has 0 spiro atoms. The highest BCUT2D eigenvalue weighted by Crippen LogP contribution is 2.28. The number of halogens is 1. The first kappa shape index (κ1) is 9.84. The molecule has 0 fully saturated rings. The maximum atomic E-state index is 8.97. The van der Waals surface area contributed by atoms with Gasteiger partial charge in [0.15, 0.2) is 0 Å². The Morgan fingerprint density at radius 1 is 1.58 bits per heavy atom. The quantitative estimate of drug-likeness (QED) is 0.795. The van der Waals surface area contributed by atoms with Crippen molar-refractivity contribution in [1.82, 2.24) is 0 Å². The van der Waals surface area contributed by atoms with E-state index in [9.17, 15) is 0 Å². The number of hydrogen-bond donors (Lipinski definition) is 2. The van der Waals surface area contributed by atoms with Gasteiger partial charge in [-0.25, -0.2) is 0 Å². The van der Waals surface area contributed by atoms with Crippen molar-refractivity contribution in [1.29, 1.82) is 0 Å². The van der Waals surface area contributed by atoms with Crippen molar-refractivity contribution in [3.05, 3.63) is 16.5 Å². The number of aliphatic hydroxyl groups is 1. The van der Waals surface area contributed by atoms with Crippen LogP contribution in [0.3, 0.4) is 0 Å². The lowest BCUT2D eigenvalue weighted by Crippen LogP contribution is -2.34. The maximum absolute atomic E-state index is 8.97. The predicted octanol–water partition coefficient (Wildman–Crippen LogP) is 2.58. The Balaban J connectivity index is 2.63. The Hall–Kier alpha value is -0.250. The second kappa shape index (κ2) is 3.64. The van der Waals surface area contributed by atoms with Crippen LogP contribution in [0.15, 0.2) is 12.1 Å². The van der Waals surface area contributed by atoms with Gasteiger partial charge in [0.1, 0.15) is 0 Å². The Labute approximate surface area is 81.2 Å². The fraction of sp³-hybridized carbons (Fsp3) is 0.500. The Morgan fingerprint density at radius 3 is 2.67 bits per heavy atom. The molecule has 0 aliphatic carbocycles. The van der Waals surface area contributed by atoms with Crippen LogP contribution in [0.1, 0.15) is 13.8 Å². The van der Waals surface area contributed by atoms with Gasteiger partial charge in [-0.05, 0) is 26.0 Å². The largest absolute Gasteiger partial charge is 0.394 e. The van der Waals surface area contributed by atoms with E-state index in [-0.39, 0.29) is 12.1 Å². The summed E-state index contributed by atoms with van der Waals surface area (Å²) in [6.45, 7) is 3.96. The highest BCUT2D eigenvalue weighted by Gasteiger charge is 2.16. The molecule has 0 amide bonds. The van der Waals surface area contributed by atoms with E-state index in [2.05, 4.69) is 5.32 Å². The molecule has 12 heavy (non-hydrogen) atoms. The first-order valence-corrected chi connectivity index (χ1v) is 4.87. The lowest BCUT2D eigenvalue weighted by Gasteiger charge is -2.23. The zero-order valence-corrected chi connectivity index (χ0v) is 8.67. The number of aliphatic hydroxyl groups excluding tert-OH is 1. The molecule has 2 N–H and O–H groups in total. The van der Waals surface area contributed by atoms with Gasteiger partial charge >= 0.3 is 0 Å². The van der Waals surface area contributed by atoms with Crippen molar-refractivity contribution in [2.45, 2.75) is 19.4 Å². The third-order valence-corrected chi connectivity index (χ3v) is 2.58. The first-order chi connectivity index (χ1) is 5.53. The molecule has 1 aromatic rings. The molecule has 0 aliphatic heterocycles. The average molecular weight is 206 g/mol. The van der Waals surface area contributed by atoms with Gasteiger partial charge < -0.3 is 10.4 Å². The van der Waals surface area contributed by atoms with Gasteiger partial charge in [0.05, 0.1) is 21.5 Å². The van der Waals surface area contributed by atoms with Crippen LogP contribution in [-0.2, 0) is 0 Å². The summed E-state index contributed by atoms with van der Waals surface area (Å²) in [5, 5.41) is 13.1. The highest BCUT2D eigenvalue weighted by atomic mass is 35.5. The molecule has 1 aromatic heterocycles. The molecular formula is C8H12ClNOS. The van der Waals surface area contributed by atoms with Gasteiger partial charge in [0, 0.05) is 0 Å². The van der Waals surface area contributed by atoms with E-state index in [0.717, 1.165) is 9.34 Å². The fourth-order valence-electron chi connectivity index (χ4n) is 0.755. The minimum atomic E-state index is -0.284. The zero-order valence-electron chi connectivity index (χ0n) is 7.10. The molecule has 0 aliphatic rings. The number of hydrogen-bond acceptors (Lipinski definition) is 3. The van der Waals surface area contributed by atoms with Gasteiger partial charge in [-0.3, -0.25) is 0 Å². The molecule has 0 aromatic carbocycles. The van der Waals surface area contributed by atoms with Crippen LogP contribution >= 0.6 is 22.9 Å². The van der Waals surface area contributed by atoms with Crippen molar-refractivity contribution in [2.24, 2.45) is 0 Å². The van der Waals surface area contributed by atoms with Crippen LogP contribution in [0.25, 0.3) is 0 Å². The Morgan fingerprint density at radius 2 is 2.25 bits per heavy atom. The van der Waals surface area contributed by atoms with E-state index in [1.165, 1.54) is 11.3 Å². The molecule has 2 nitrogen and oxygen atoms in total. The summed E-state index contributed by atoms with van der Waals surface area (Å²) in [5.41, 5.74) is -0.284. The van der Waals surface area contributed by atoms with Crippen molar-refractivity contribution in [2.75, 3.05) is 11.9 Å². The molecule has 68 valence electrons. The third kappa shape index (κ3) is 2.66. The van der Waals surface area contributed by atoms with Crippen LogP contribution in [0, 0.1) is 0 Å². The van der Waals surface area contributed by atoms with Crippen LogP contribution < -0.4 is 5.32 Å². The van der Waals surface area contributed by atoms with E-state index in [0.29, 0.717) is 0 Å². The maximum Gasteiger partial charge on any atom is 0.0950 e. The predicted molar refractivity (Wildman–Crippen MR) is 54.1 cm³/mol. The monoisotopic (exact) mass is 205 g/mol. The average Bonchev–Trinajstić information content (AvgIpc) is 2.35. The molecule has 1 rings (SSSR count). The molecule has 0 saturated carbocycles. The SMILES string of the molecule is CC(C)(CO)Nc1ccc(Cl)s1. The van der Waals surface area contributed by atoms with E-state index in [4.69, 9.17) is 16.7 Å². The van der Waals surface area contributed by atoms with Crippen LogP contribution in [-0.4, -0.2) is 17.3 Å². The van der Waals surface area contributed by atoms with Gasteiger partial charge in [0.2, 0.25) is 0 Å². The van der Waals surface area contributed by atoms with E-state index in [1.54, 1.807) is 0 Å². The second-order valence-electron chi connectivity index (χ2n) is 3.27. The molecular weight excluding hydrogens is 194 g/mol. The minimum Gasteiger partial charge on any atom is -0.394 e. The highest BCUT2D eigenvalue weighted by molar-refractivity contribution is 7.19. The lowest BCUT2D eigenvalue weighted by molar-refractivity contribution is 0.234. The Bertz CT molecular complexity index is 259. The summed E-state index contributed by atoms with van der Waals surface area (Å²) in [6, 6.07) is 3.74. The van der Waals surface area contributed by atoms with Gasteiger partial charge in [-0.15, -0.1) is 11.3 Å². The van der Waals surface area contributed by atoms with E-state index in [1.807, 2.05) is 26.0 Å². The van der Waals surface area contributed by atoms with Gasteiger partial charge in [0.25, 0.3) is 0 Å². The topological polar surface area (TPSA) is 32.3 Å². The summed E-state index contributed by atoms with van der Waals surface area (Å²) < 4.78 is 0.756. The van der Waals surface area contributed by atoms with Crippen LogP contribution in [0.5, 0.6) is 0 Å². The summed E-state index contributed by atoms with van der Waals surface area (Å²) >= 11 is 7.22. The number of thiophene rings is 1. The number of anilines is 1. The van der Waals surface area contributed by atoms with Crippen molar-refractivity contribution in [3.8, 4) is 0 Å². The second-order valence-corrected chi connectivity index (χ2v) is 4.99. The molecule has 0 atom stereocenters. The molecule has 4 heteroatoms. The van der Waals surface area contributed by atoms with E-state index < -0.39 is 0 Å². The molecule has 0 bridgehead atoms. The third-order valence-electron chi connectivity index (χ3n) is 1.43. The summed E-state index contributed by atoms with van der Waals surface area (Å²) in [6.07, 6.45) is 0. The zero-order chi connectivity index (χ0) is 9.19. The smallest absolute Gasteiger partial charge is 0.0950 e. The first-order valence-electron chi connectivity index (χ1n) is 3.68. The molecule has 0 unspecified atom stereocenters. The molecule has 0 saturated heterocycles. The number of rotatable bonds is 3. The molecule has 1 heterocycles. The normalized spacial score (nSPS) is 11.7. The lowest BCUT2D eigenvalue weighted by atomic mass is 10.1. The van der Waals surface area contributed by atoms with Crippen LogP contribution in [0.2, 0.25) is 4.34 Å². The summed E-state index contributed by atoms with van der Waals surface area (Å²) in [5.74, 6) is 0.